The van der Waals surface area contributed by atoms with Crippen LogP contribution >= 0.6 is 0 Å². The Morgan fingerprint density at radius 1 is 1.24 bits per heavy atom. The van der Waals surface area contributed by atoms with Gasteiger partial charge in [0, 0.05) is 31.5 Å². The van der Waals surface area contributed by atoms with Crippen LogP contribution in [0.2, 0.25) is 0 Å². The highest BCUT2D eigenvalue weighted by Crippen LogP contribution is 2.14. The second-order valence-corrected chi connectivity index (χ2v) is 7.87. The van der Waals surface area contributed by atoms with E-state index in [0.29, 0.717) is 12.1 Å². The molecule has 0 unspecified atom stereocenters. The van der Waals surface area contributed by atoms with Gasteiger partial charge in [0.25, 0.3) is 5.91 Å². The van der Waals surface area contributed by atoms with Crippen molar-refractivity contribution in [1.82, 2.24) is 10.2 Å². The van der Waals surface area contributed by atoms with Gasteiger partial charge in [-0.1, -0.05) is 12.1 Å². The molecule has 2 atom stereocenters. The summed E-state index contributed by atoms with van der Waals surface area (Å²) < 4.78 is 23.2. The fraction of sp³-hybridized carbons (Fsp3) is 0.533. The van der Waals surface area contributed by atoms with Gasteiger partial charge in [0.1, 0.15) is 0 Å². The van der Waals surface area contributed by atoms with Crippen molar-refractivity contribution >= 4 is 15.7 Å². The first-order valence-corrected chi connectivity index (χ1v) is 8.82. The summed E-state index contributed by atoms with van der Waals surface area (Å²) in [5, 5.41) is 2.15. The van der Waals surface area contributed by atoms with Crippen LogP contribution in [0.15, 0.2) is 24.3 Å². The third-order valence-electron chi connectivity index (χ3n) is 3.93. The second kappa shape index (κ2) is 7.04. The molecular weight excluding hydrogens is 288 g/mol. The second-order valence-electron chi connectivity index (χ2n) is 5.47. The molecule has 1 N–H and O–H groups in total. The molecule has 0 heterocycles. The zero-order valence-electron chi connectivity index (χ0n) is 13.3. The summed E-state index contributed by atoms with van der Waals surface area (Å²) in [6, 6.07) is 7.23. The number of benzene rings is 1. The van der Waals surface area contributed by atoms with Crippen molar-refractivity contribution in [1.29, 1.82) is 0 Å². The summed E-state index contributed by atoms with van der Waals surface area (Å²) in [5.41, 5.74) is 1.65. The Bertz CT molecular complexity index is 581. The summed E-state index contributed by atoms with van der Waals surface area (Å²) in [6.07, 6.45) is 1.26. The van der Waals surface area contributed by atoms with E-state index in [9.17, 15) is 13.2 Å². The van der Waals surface area contributed by atoms with E-state index in [1.807, 2.05) is 31.0 Å². The lowest BCUT2D eigenvalue weighted by atomic mass is 10.1. The topological polar surface area (TPSA) is 66.5 Å². The largest absolute Gasteiger partial charge is 0.355 e. The lowest BCUT2D eigenvalue weighted by Gasteiger charge is -2.28. The number of nitrogens with zero attached hydrogens (tertiary/aromatic N) is 1. The fourth-order valence-electron chi connectivity index (χ4n) is 2.05. The van der Waals surface area contributed by atoms with Crippen molar-refractivity contribution in [3.8, 4) is 0 Å². The van der Waals surface area contributed by atoms with Gasteiger partial charge in [0.2, 0.25) is 0 Å². The molecule has 0 aliphatic rings. The molecule has 0 saturated heterocycles. The number of sulfone groups is 1. The number of hydrogen-bond donors (Lipinski definition) is 1. The van der Waals surface area contributed by atoms with Crippen LogP contribution in [0.3, 0.4) is 0 Å². The van der Waals surface area contributed by atoms with Crippen molar-refractivity contribution < 1.29 is 13.2 Å². The summed E-state index contributed by atoms with van der Waals surface area (Å²) in [6.45, 7) is 4.27. The van der Waals surface area contributed by atoms with Crippen molar-refractivity contribution in [2.45, 2.75) is 31.7 Å². The zero-order chi connectivity index (χ0) is 16.2. The highest BCUT2D eigenvalue weighted by atomic mass is 32.2. The molecule has 0 spiro atoms. The molecule has 1 aromatic rings. The van der Waals surface area contributed by atoms with E-state index < -0.39 is 15.1 Å². The Labute approximate surface area is 127 Å². The Hall–Kier alpha value is -1.40. The molecule has 0 aliphatic carbocycles. The van der Waals surface area contributed by atoms with E-state index in [4.69, 9.17) is 0 Å². The molecule has 0 aromatic heterocycles. The number of carbonyl (C=O) groups excluding carboxylic acids is 1. The van der Waals surface area contributed by atoms with Gasteiger partial charge in [0.05, 0.1) is 5.25 Å². The maximum Gasteiger partial charge on any atom is 0.251 e. The Morgan fingerprint density at radius 2 is 1.76 bits per heavy atom. The monoisotopic (exact) mass is 312 g/mol. The highest BCUT2D eigenvalue weighted by molar-refractivity contribution is 7.91. The fourth-order valence-corrected chi connectivity index (χ4v) is 2.98. The molecular formula is C15H24N2O3S. The SMILES string of the molecule is CNC(=O)c1ccc(CN(C)[C@H](C)[C@@H](C)S(C)(=O)=O)cc1. The van der Waals surface area contributed by atoms with E-state index >= 15 is 0 Å². The minimum atomic E-state index is -3.06. The first-order chi connectivity index (χ1) is 9.66. The molecule has 21 heavy (non-hydrogen) atoms. The minimum absolute atomic E-state index is 0.0846. The highest BCUT2D eigenvalue weighted by Gasteiger charge is 2.25. The maximum atomic E-state index is 11.6. The van der Waals surface area contributed by atoms with Crippen LogP contribution in [0.5, 0.6) is 0 Å². The number of carbonyl (C=O) groups is 1. The van der Waals surface area contributed by atoms with Gasteiger partial charge in [-0.3, -0.25) is 9.69 Å². The van der Waals surface area contributed by atoms with Gasteiger partial charge in [0.15, 0.2) is 9.84 Å². The summed E-state index contributed by atoms with van der Waals surface area (Å²) >= 11 is 0. The molecule has 1 aromatic carbocycles. The van der Waals surface area contributed by atoms with Crippen LogP contribution in [-0.4, -0.2) is 50.9 Å². The van der Waals surface area contributed by atoms with Crippen LogP contribution in [-0.2, 0) is 16.4 Å². The van der Waals surface area contributed by atoms with Crippen LogP contribution in [0.25, 0.3) is 0 Å². The third kappa shape index (κ3) is 4.82. The average molecular weight is 312 g/mol. The Morgan fingerprint density at radius 3 is 2.19 bits per heavy atom. The van der Waals surface area contributed by atoms with Crippen LogP contribution in [0.4, 0.5) is 0 Å². The average Bonchev–Trinajstić information content (AvgIpc) is 2.44. The lowest BCUT2D eigenvalue weighted by Crippen LogP contribution is -2.40. The lowest BCUT2D eigenvalue weighted by molar-refractivity contribution is 0.0963. The molecule has 0 fully saturated rings. The maximum absolute atomic E-state index is 11.6. The molecule has 1 rings (SSSR count). The van der Waals surface area contributed by atoms with E-state index in [1.54, 1.807) is 26.1 Å². The molecule has 1 amide bonds. The summed E-state index contributed by atoms with van der Waals surface area (Å²) in [4.78, 5) is 13.5. The molecule has 6 heteroatoms. The van der Waals surface area contributed by atoms with Gasteiger partial charge in [-0.2, -0.15) is 0 Å². The first-order valence-electron chi connectivity index (χ1n) is 6.87. The van der Waals surface area contributed by atoms with E-state index in [0.717, 1.165) is 5.56 Å². The molecule has 5 nitrogen and oxygen atoms in total. The molecule has 0 bridgehead atoms. The van der Waals surface area contributed by atoms with Gasteiger partial charge in [-0.05, 0) is 38.6 Å². The van der Waals surface area contributed by atoms with Crippen molar-refractivity contribution in [2.24, 2.45) is 0 Å². The third-order valence-corrected chi connectivity index (χ3v) is 5.67. The van der Waals surface area contributed by atoms with Gasteiger partial charge in [-0.15, -0.1) is 0 Å². The Balaban J connectivity index is 2.75. The van der Waals surface area contributed by atoms with Crippen molar-refractivity contribution in [3.63, 3.8) is 0 Å². The molecule has 0 radical (unpaired) electrons. The predicted molar refractivity (Wildman–Crippen MR) is 85.1 cm³/mol. The van der Waals surface area contributed by atoms with Gasteiger partial charge < -0.3 is 5.32 Å². The zero-order valence-corrected chi connectivity index (χ0v) is 14.1. The molecule has 118 valence electrons. The van der Waals surface area contributed by atoms with Crippen LogP contribution in [0.1, 0.15) is 29.8 Å². The quantitative estimate of drug-likeness (QED) is 0.860. The first kappa shape index (κ1) is 17.7. The Kier molecular flexibility index (Phi) is 5.92. The van der Waals surface area contributed by atoms with E-state index in [1.165, 1.54) is 6.26 Å². The summed E-state index contributed by atoms with van der Waals surface area (Å²) in [7, 11) is 0.442. The number of nitrogens with one attached hydrogen (secondary N) is 1. The van der Waals surface area contributed by atoms with Gasteiger partial charge >= 0.3 is 0 Å². The standard InChI is InChI=1S/C15H24N2O3S/c1-11(12(2)21(5,19)20)17(4)10-13-6-8-14(9-7-13)15(18)16-3/h6-9,11-12H,10H2,1-5H3,(H,16,18)/t11-,12-/m1/s1. The van der Waals surface area contributed by atoms with Crippen molar-refractivity contribution in [3.05, 3.63) is 35.4 Å². The van der Waals surface area contributed by atoms with Gasteiger partial charge in [-0.25, -0.2) is 8.42 Å². The van der Waals surface area contributed by atoms with E-state index in [2.05, 4.69) is 5.32 Å². The number of amides is 1. The minimum Gasteiger partial charge on any atom is -0.355 e. The van der Waals surface area contributed by atoms with Crippen LogP contribution < -0.4 is 5.32 Å². The molecule has 0 aliphatic heterocycles. The van der Waals surface area contributed by atoms with E-state index in [-0.39, 0.29) is 11.9 Å². The normalized spacial score (nSPS) is 14.8. The van der Waals surface area contributed by atoms with Crippen molar-refractivity contribution in [2.75, 3.05) is 20.4 Å². The predicted octanol–water partition coefficient (Wildman–Crippen LogP) is 1.30. The summed E-state index contributed by atoms with van der Waals surface area (Å²) in [5.74, 6) is -0.117. The van der Waals surface area contributed by atoms with Crippen LogP contribution in [0, 0.1) is 0 Å². The smallest absolute Gasteiger partial charge is 0.251 e. The molecule has 0 saturated carbocycles. The number of rotatable bonds is 6. The number of hydrogen-bond acceptors (Lipinski definition) is 4.